The van der Waals surface area contributed by atoms with E-state index in [1.54, 1.807) is 24.3 Å². The molecule has 0 spiro atoms. The van der Waals surface area contributed by atoms with E-state index < -0.39 is 0 Å². The molecule has 5 nitrogen and oxygen atoms in total. The highest BCUT2D eigenvalue weighted by molar-refractivity contribution is 9.10. The fourth-order valence-electron chi connectivity index (χ4n) is 2.75. The minimum absolute atomic E-state index is 0.0198. The monoisotopic (exact) mass is 440 g/mol. The zero-order chi connectivity index (χ0) is 19.9. The number of benzene rings is 3. The molecule has 0 aromatic heterocycles. The van der Waals surface area contributed by atoms with Gasteiger partial charge in [0.2, 0.25) is 5.91 Å². The molecule has 0 saturated heterocycles. The van der Waals surface area contributed by atoms with E-state index in [2.05, 4.69) is 26.6 Å². The van der Waals surface area contributed by atoms with Crippen molar-refractivity contribution in [3.05, 3.63) is 65.1 Å². The lowest BCUT2D eigenvalue weighted by atomic mass is 10.1. The standard InChI is InChI=1S/C22H21BrN2O3/c1-2-5-20(26)24-16-9-11-17(12-10-16)25-21(27)14-28-19-13-8-15-6-3-4-7-18(15)22(19)23/h3-4,6-13H,2,5,14H2,1H3,(H,24,26)(H,25,27). The van der Waals surface area contributed by atoms with Crippen LogP contribution in [0.1, 0.15) is 19.8 Å². The van der Waals surface area contributed by atoms with Crippen LogP contribution in [-0.2, 0) is 9.59 Å². The minimum atomic E-state index is -0.261. The Kier molecular flexibility index (Phi) is 6.66. The van der Waals surface area contributed by atoms with Crippen LogP contribution < -0.4 is 15.4 Å². The molecule has 0 aliphatic carbocycles. The van der Waals surface area contributed by atoms with Crippen LogP contribution in [0, 0.1) is 0 Å². The number of ether oxygens (including phenoxy) is 1. The SMILES string of the molecule is CCCC(=O)Nc1ccc(NC(=O)COc2ccc3ccccc3c2Br)cc1. The van der Waals surface area contributed by atoms with Crippen LogP contribution in [-0.4, -0.2) is 18.4 Å². The first-order valence-corrected chi connectivity index (χ1v) is 9.86. The van der Waals surface area contributed by atoms with Gasteiger partial charge >= 0.3 is 0 Å². The predicted octanol–water partition coefficient (Wildman–Crippen LogP) is 5.36. The number of hydrogen-bond acceptors (Lipinski definition) is 3. The molecule has 0 aliphatic rings. The Morgan fingerprint density at radius 1 is 0.893 bits per heavy atom. The summed E-state index contributed by atoms with van der Waals surface area (Å²) in [5.41, 5.74) is 1.34. The van der Waals surface area contributed by atoms with Crippen molar-refractivity contribution in [1.29, 1.82) is 0 Å². The van der Waals surface area contributed by atoms with E-state index in [0.29, 0.717) is 23.5 Å². The van der Waals surface area contributed by atoms with E-state index in [1.807, 2.05) is 43.3 Å². The molecule has 3 aromatic carbocycles. The number of nitrogens with one attached hydrogen (secondary N) is 2. The fourth-order valence-corrected chi connectivity index (χ4v) is 3.36. The Labute approximate surface area is 172 Å². The molecule has 0 heterocycles. The normalized spacial score (nSPS) is 10.5. The van der Waals surface area contributed by atoms with E-state index in [-0.39, 0.29) is 18.4 Å². The number of amides is 2. The van der Waals surface area contributed by atoms with Crippen molar-refractivity contribution in [2.75, 3.05) is 17.2 Å². The summed E-state index contributed by atoms with van der Waals surface area (Å²) in [5, 5.41) is 7.72. The maximum Gasteiger partial charge on any atom is 0.262 e. The van der Waals surface area contributed by atoms with E-state index in [9.17, 15) is 9.59 Å². The topological polar surface area (TPSA) is 67.4 Å². The highest BCUT2D eigenvalue weighted by atomic mass is 79.9. The Morgan fingerprint density at radius 3 is 2.21 bits per heavy atom. The molecule has 0 radical (unpaired) electrons. The van der Waals surface area contributed by atoms with Crippen LogP contribution in [0.4, 0.5) is 11.4 Å². The zero-order valence-corrected chi connectivity index (χ0v) is 17.1. The summed E-state index contributed by atoms with van der Waals surface area (Å²) in [7, 11) is 0. The third kappa shape index (κ3) is 5.10. The van der Waals surface area contributed by atoms with Crippen LogP contribution in [0.2, 0.25) is 0 Å². The Hall–Kier alpha value is -2.86. The van der Waals surface area contributed by atoms with Crippen molar-refractivity contribution < 1.29 is 14.3 Å². The van der Waals surface area contributed by atoms with Gasteiger partial charge in [-0.15, -0.1) is 0 Å². The number of rotatable bonds is 7. The molecule has 144 valence electrons. The number of carbonyl (C=O) groups excluding carboxylic acids is 2. The van der Waals surface area contributed by atoms with Crippen LogP contribution in [0.5, 0.6) is 5.75 Å². The van der Waals surface area contributed by atoms with Gasteiger partial charge < -0.3 is 15.4 Å². The van der Waals surface area contributed by atoms with Crippen LogP contribution >= 0.6 is 15.9 Å². The van der Waals surface area contributed by atoms with Crippen LogP contribution in [0.15, 0.2) is 65.1 Å². The highest BCUT2D eigenvalue weighted by Crippen LogP contribution is 2.33. The Balaban J connectivity index is 1.56. The van der Waals surface area contributed by atoms with Crippen molar-refractivity contribution >= 4 is 49.9 Å². The molecular formula is C22H21BrN2O3. The fraction of sp³-hybridized carbons (Fsp3) is 0.182. The lowest BCUT2D eigenvalue weighted by Crippen LogP contribution is -2.20. The third-order valence-corrected chi connectivity index (χ3v) is 4.93. The molecule has 0 saturated carbocycles. The van der Waals surface area contributed by atoms with E-state index in [0.717, 1.165) is 21.7 Å². The van der Waals surface area contributed by atoms with Gasteiger partial charge in [-0.05, 0) is 63.5 Å². The van der Waals surface area contributed by atoms with Gasteiger partial charge in [0.05, 0.1) is 4.47 Å². The van der Waals surface area contributed by atoms with Gasteiger partial charge in [0.15, 0.2) is 6.61 Å². The summed E-state index contributed by atoms with van der Waals surface area (Å²) in [6.07, 6.45) is 1.29. The van der Waals surface area contributed by atoms with Crippen molar-refractivity contribution in [3.63, 3.8) is 0 Å². The molecule has 0 aliphatic heterocycles. The van der Waals surface area contributed by atoms with Crippen molar-refractivity contribution in [2.45, 2.75) is 19.8 Å². The molecule has 0 fully saturated rings. The molecule has 6 heteroatoms. The molecule has 2 amide bonds. The molecule has 28 heavy (non-hydrogen) atoms. The summed E-state index contributed by atoms with van der Waals surface area (Å²) in [4.78, 5) is 23.8. The lowest BCUT2D eigenvalue weighted by Gasteiger charge is -2.11. The molecule has 0 atom stereocenters. The zero-order valence-electron chi connectivity index (χ0n) is 15.5. The number of carbonyl (C=O) groups is 2. The molecule has 2 N–H and O–H groups in total. The van der Waals surface area contributed by atoms with Crippen molar-refractivity contribution in [2.24, 2.45) is 0 Å². The molecule has 0 bridgehead atoms. The van der Waals surface area contributed by atoms with E-state index in [4.69, 9.17) is 4.74 Å². The number of fused-ring (bicyclic) bond motifs is 1. The summed E-state index contributed by atoms with van der Waals surface area (Å²) in [6, 6.07) is 18.7. The van der Waals surface area contributed by atoms with Crippen molar-refractivity contribution in [1.82, 2.24) is 0 Å². The van der Waals surface area contributed by atoms with Gasteiger partial charge in [0, 0.05) is 17.8 Å². The Bertz CT molecular complexity index is 987. The second-order valence-corrected chi connectivity index (χ2v) is 7.10. The molecule has 0 unspecified atom stereocenters. The average Bonchev–Trinajstić information content (AvgIpc) is 2.69. The number of halogens is 1. The number of hydrogen-bond donors (Lipinski definition) is 2. The van der Waals surface area contributed by atoms with E-state index in [1.165, 1.54) is 0 Å². The minimum Gasteiger partial charge on any atom is -0.483 e. The summed E-state index contributed by atoms with van der Waals surface area (Å²) in [6.45, 7) is 1.85. The maximum absolute atomic E-state index is 12.2. The van der Waals surface area contributed by atoms with Crippen LogP contribution in [0.3, 0.4) is 0 Å². The molecular weight excluding hydrogens is 420 g/mol. The molecule has 3 rings (SSSR count). The smallest absolute Gasteiger partial charge is 0.262 e. The van der Waals surface area contributed by atoms with Gasteiger partial charge in [-0.2, -0.15) is 0 Å². The first-order chi connectivity index (χ1) is 13.6. The largest absolute Gasteiger partial charge is 0.483 e. The Morgan fingerprint density at radius 2 is 1.54 bits per heavy atom. The van der Waals surface area contributed by atoms with Gasteiger partial charge in [-0.1, -0.05) is 37.3 Å². The van der Waals surface area contributed by atoms with Crippen molar-refractivity contribution in [3.8, 4) is 5.75 Å². The van der Waals surface area contributed by atoms with Crippen LogP contribution in [0.25, 0.3) is 10.8 Å². The van der Waals surface area contributed by atoms with Gasteiger partial charge in [0.1, 0.15) is 5.75 Å². The quantitative estimate of drug-likeness (QED) is 0.519. The molecule has 3 aromatic rings. The average molecular weight is 441 g/mol. The van der Waals surface area contributed by atoms with Gasteiger partial charge in [0.25, 0.3) is 5.91 Å². The number of anilines is 2. The lowest BCUT2D eigenvalue weighted by molar-refractivity contribution is -0.118. The first-order valence-electron chi connectivity index (χ1n) is 9.06. The second-order valence-electron chi connectivity index (χ2n) is 6.31. The second kappa shape index (κ2) is 9.37. The predicted molar refractivity (Wildman–Crippen MR) is 116 cm³/mol. The van der Waals surface area contributed by atoms with Gasteiger partial charge in [-0.3, -0.25) is 9.59 Å². The third-order valence-electron chi connectivity index (χ3n) is 4.12. The first kappa shape index (κ1) is 19.9. The van der Waals surface area contributed by atoms with E-state index >= 15 is 0 Å². The highest BCUT2D eigenvalue weighted by Gasteiger charge is 2.09. The summed E-state index contributed by atoms with van der Waals surface area (Å²) in [5.74, 6) is 0.333. The summed E-state index contributed by atoms with van der Waals surface area (Å²) >= 11 is 3.55. The van der Waals surface area contributed by atoms with Gasteiger partial charge in [-0.25, -0.2) is 0 Å². The maximum atomic E-state index is 12.2. The summed E-state index contributed by atoms with van der Waals surface area (Å²) < 4.78 is 6.49.